The Balaban J connectivity index is 1.08. The topological polar surface area (TPSA) is 148 Å². The first-order valence-corrected chi connectivity index (χ1v) is 13.9. The summed E-state index contributed by atoms with van der Waals surface area (Å²) in [6, 6.07) is 5.00. The molecule has 3 fully saturated rings. The van der Waals surface area contributed by atoms with Crippen molar-refractivity contribution in [3.8, 4) is 5.88 Å². The van der Waals surface area contributed by atoms with E-state index in [9.17, 15) is 14.4 Å². The fraction of sp³-hybridized carbons (Fsp3) is 0.379. The van der Waals surface area contributed by atoms with Crippen molar-refractivity contribution < 1.29 is 19.1 Å². The normalized spacial score (nSPS) is 20.7. The lowest BCUT2D eigenvalue weighted by atomic mass is 10.1. The highest BCUT2D eigenvalue weighted by Gasteiger charge is 2.46. The summed E-state index contributed by atoms with van der Waals surface area (Å²) in [5.74, 6) is 1.11. The van der Waals surface area contributed by atoms with E-state index in [1.54, 1.807) is 12.3 Å². The van der Waals surface area contributed by atoms with Gasteiger partial charge in [0.05, 0.1) is 11.4 Å². The number of aryl methyl sites for hydroxylation is 1. The van der Waals surface area contributed by atoms with E-state index >= 15 is 0 Å². The van der Waals surface area contributed by atoms with E-state index in [1.165, 1.54) is 18.3 Å². The number of hydrogen-bond donors (Lipinski definition) is 1. The number of imidazole rings is 1. The third-order valence-electron chi connectivity index (χ3n) is 7.98. The first kappa shape index (κ1) is 26.0. The molecule has 7 rings (SSSR count). The zero-order valence-electron chi connectivity index (χ0n) is 23.4. The molecule has 1 aliphatic heterocycles. The standard InChI is InChI=1S/C29H29N9O4/c1-15-6-7-30-26(33-15)19-9-20(19)28(40)35-23-10-24(32-14-31-23)42-16(2)21-12-37-11-18(17-4-5-17)8-22(27(37)34-21)38-13-25(39)36(3)29(38)41/h6-8,10-12,14,16-17,19-20H,4-5,9,13H2,1-3H3,(H,31,32,35,40)/t16?,19-,20-/m0/s1. The quantitative estimate of drug-likeness (QED) is 0.316. The molecular weight excluding hydrogens is 538 g/mol. The number of anilines is 2. The number of amides is 4. The molecule has 4 aromatic rings. The van der Waals surface area contributed by atoms with Gasteiger partial charge in [0, 0.05) is 49.2 Å². The van der Waals surface area contributed by atoms with E-state index < -0.39 is 6.10 Å². The molecule has 0 radical (unpaired) electrons. The molecule has 0 aromatic carbocycles. The monoisotopic (exact) mass is 567 g/mol. The van der Waals surface area contributed by atoms with Gasteiger partial charge >= 0.3 is 6.03 Å². The van der Waals surface area contributed by atoms with Crippen molar-refractivity contribution in [2.24, 2.45) is 5.92 Å². The van der Waals surface area contributed by atoms with E-state index in [1.807, 2.05) is 42.8 Å². The van der Waals surface area contributed by atoms with Crippen molar-refractivity contribution in [2.75, 3.05) is 23.8 Å². The van der Waals surface area contributed by atoms with Gasteiger partial charge in [-0.2, -0.15) is 0 Å². The maximum absolute atomic E-state index is 12.8. The number of carbonyl (C=O) groups is 3. The molecule has 13 heteroatoms. The lowest BCUT2D eigenvalue weighted by molar-refractivity contribution is -0.124. The third-order valence-corrected chi connectivity index (χ3v) is 7.98. The molecule has 42 heavy (non-hydrogen) atoms. The molecule has 4 amide bonds. The Hall–Kier alpha value is -4.94. The second-order valence-electron chi connectivity index (χ2n) is 11.1. The van der Waals surface area contributed by atoms with Gasteiger partial charge in [0.15, 0.2) is 5.65 Å². The van der Waals surface area contributed by atoms with Crippen LogP contribution < -0.4 is 15.0 Å². The number of ether oxygens (including phenoxy) is 1. The average Bonchev–Trinajstić information content (AvgIpc) is 3.90. The zero-order chi connectivity index (χ0) is 29.1. The van der Waals surface area contributed by atoms with E-state index in [4.69, 9.17) is 9.72 Å². The molecule has 3 atom stereocenters. The number of hydrogen-bond acceptors (Lipinski definition) is 9. The van der Waals surface area contributed by atoms with Crippen molar-refractivity contribution >= 4 is 35.0 Å². The van der Waals surface area contributed by atoms with Crippen LogP contribution in [0.5, 0.6) is 5.88 Å². The van der Waals surface area contributed by atoms with Crippen LogP contribution in [0.2, 0.25) is 0 Å². The fourth-order valence-corrected chi connectivity index (χ4v) is 5.29. The van der Waals surface area contributed by atoms with Gasteiger partial charge in [-0.1, -0.05) is 0 Å². The predicted octanol–water partition coefficient (Wildman–Crippen LogP) is 3.38. The molecule has 0 bridgehead atoms. The van der Waals surface area contributed by atoms with E-state index in [-0.39, 0.29) is 42.1 Å². The van der Waals surface area contributed by atoms with Crippen LogP contribution in [-0.2, 0) is 9.59 Å². The summed E-state index contributed by atoms with van der Waals surface area (Å²) in [5, 5.41) is 2.85. The Morgan fingerprint density at radius 3 is 2.69 bits per heavy atom. The maximum Gasteiger partial charge on any atom is 0.331 e. The predicted molar refractivity (Wildman–Crippen MR) is 150 cm³/mol. The second kappa shape index (κ2) is 9.86. The lowest BCUT2D eigenvalue weighted by Crippen LogP contribution is -2.30. The molecule has 4 aromatic heterocycles. The van der Waals surface area contributed by atoms with Crippen LogP contribution in [0.4, 0.5) is 16.3 Å². The lowest BCUT2D eigenvalue weighted by Gasteiger charge is -2.17. The van der Waals surface area contributed by atoms with Crippen LogP contribution in [0, 0.1) is 12.8 Å². The number of pyridine rings is 1. The highest BCUT2D eigenvalue weighted by molar-refractivity contribution is 6.13. The van der Waals surface area contributed by atoms with E-state index in [0.29, 0.717) is 41.0 Å². The second-order valence-corrected chi connectivity index (χ2v) is 11.1. The number of nitrogens with one attached hydrogen (secondary N) is 1. The van der Waals surface area contributed by atoms with E-state index in [0.717, 1.165) is 29.0 Å². The number of nitrogens with zero attached hydrogens (tertiary/aromatic N) is 8. The Morgan fingerprint density at radius 2 is 1.95 bits per heavy atom. The summed E-state index contributed by atoms with van der Waals surface area (Å²) in [6.07, 6.45) is 9.29. The number of aromatic nitrogens is 6. The number of imide groups is 1. The number of likely N-dealkylation sites (N-methyl/N-ethyl adjacent to an activating group) is 1. The van der Waals surface area contributed by atoms with Crippen LogP contribution in [0.1, 0.15) is 66.9 Å². The van der Waals surface area contributed by atoms with Crippen LogP contribution in [0.3, 0.4) is 0 Å². The Labute approximate surface area is 241 Å². The summed E-state index contributed by atoms with van der Waals surface area (Å²) in [7, 11) is 1.49. The molecule has 1 N–H and O–H groups in total. The molecule has 214 valence electrons. The minimum Gasteiger partial charge on any atom is -0.468 e. The number of rotatable bonds is 8. The van der Waals surface area contributed by atoms with Gasteiger partial charge in [0.25, 0.3) is 0 Å². The third kappa shape index (κ3) is 4.80. The fourth-order valence-electron chi connectivity index (χ4n) is 5.29. The van der Waals surface area contributed by atoms with Crippen molar-refractivity contribution in [1.29, 1.82) is 0 Å². The molecule has 0 spiro atoms. The molecular formula is C29H29N9O4. The largest absolute Gasteiger partial charge is 0.468 e. The number of urea groups is 1. The van der Waals surface area contributed by atoms with Gasteiger partial charge in [-0.3, -0.25) is 19.4 Å². The minimum absolute atomic E-state index is 0.00257. The number of carbonyl (C=O) groups excluding carboxylic acids is 3. The Kier molecular flexibility index (Phi) is 6.10. The molecule has 2 aliphatic carbocycles. The molecule has 5 heterocycles. The van der Waals surface area contributed by atoms with Gasteiger partial charge in [-0.05, 0) is 56.7 Å². The average molecular weight is 568 g/mol. The highest BCUT2D eigenvalue weighted by atomic mass is 16.5. The highest BCUT2D eigenvalue weighted by Crippen LogP contribution is 2.46. The van der Waals surface area contributed by atoms with Gasteiger partial charge in [0.2, 0.25) is 17.7 Å². The zero-order valence-corrected chi connectivity index (χ0v) is 23.4. The van der Waals surface area contributed by atoms with Gasteiger partial charge in [-0.15, -0.1) is 0 Å². The maximum atomic E-state index is 12.8. The van der Waals surface area contributed by atoms with Crippen LogP contribution in [-0.4, -0.2) is 65.7 Å². The smallest absolute Gasteiger partial charge is 0.331 e. The van der Waals surface area contributed by atoms with Gasteiger partial charge in [0.1, 0.15) is 30.6 Å². The van der Waals surface area contributed by atoms with Gasteiger partial charge in [-0.25, -0.2) is 29.7 Å². The summed E-state index contributed by atoms with van der Waals surface area (Å²) in [6.45, 7) is 3.72. The molecule has 3 aliphatic rings. The Morgan fingerprint density at radius 1 is 1.12 bits per heavy atom. The summed E-state index contributed by atoms with van der Waals surface area (Å²) in [5.41, 5.74) is 3.76. The molecule has 2 saturated carbocycles. The van der Waals surface area contributed by atoms with Crippen molar-refractivity contribution in [2.45, 2.75) is 51.0 Å². The van der Waals surface area contributed by atoms with Gasteiger partial charge < -0.3 is 14.5 Å². The van der Waals surface area contributed by atoms with Crippen LogP contribution in [0.15, 0.2) is 43.1 Å². The number of fused-ring (bicyclic) bond motifs is 1. The first-order chi connectivity index (χ1) is 20.2. The summed E-state index contributed by atoms with van der Waals surface area (Å²) < 4.78 is 7.99. The summed E-state index contributed by atoms with van der Waals surface area (Å²) >= 11 is 0. The van der Waals surface area contributed by atoms with Crippen molar-refractivity contribution in [1.82, 2.24) is 34.2 Å². The molecule has 13 nitrogen and oxygen atoms in total. The van der Waals surface area contributed by atoms with Crippen LogP contribution >= 0.6 is 0 Å². The Bertz CT molecular complexity index is 1750. The van der Waals surface area contributed by atoms with Crippen molar-refractivity contribution in [3.05, 3.63) is 65.9 Å². The van der Waals surface area contributed by atoms with Crippen molar-refractivity contribution in [3.63, 3.8) is 0 Å². The molecule has 1 unspecified atom stereocenters. The minimum atomic E-state index is -0.509. The van der Waals surface area contributed by atoms with E-state index in [2.05, 4.69) is 25.3 Å². The molecule has 1 saturated heterocycles. The SMILES string of the molecule is Cc1ccnc([C@H]2C[C@@H]2C(=O)Nc2cc(OC(C)c3cn4cc(C5CC5)cc(N5CC(=O)N(C)C5=O)c4n3)ncn2)n1. The first-order valence-electron chi connectivity index (χ1n) is 13.9. The van der Waals surface area contributed by atoms with Crippen LogP contribution in [0.25, 0.3) is 5.65 Å². The summed E-state index contributed by atoms with van der Waals surface area (Å²) in [4.78, 5) is 62.5.